The third-order valence-electron chi connectivity index (χ3n) is 2.94. The molecule has 15 heavy (non-hydrogen) atoms. The van der Waals surface area contributed by atoms with Crippen LogP contribution in [0.1, 0.15) is 32.3 Å². The van der Waals surface area contributed by atoms with Crippen LogP contribution >= 0.6 is 0 Å². The lowest BCUT2D eigenvalue weighted by molar-refractivity contribution is 0.519. The predicted octanol–water partition coefficient (Wildman–Crippen LogP) is 3.98. The molecule has 1 nitrogen and oxygen atoms in total. The van der Waals surface area contributed by atoms with Crippen molar-refractivity contribution in [3.8, 4) is 0 Å². The fourth-order valence-electron chi connectivity index (χ4n) is 1.62. The van der Waals surface area contributed by atoms with Crippen LogP contribution in [0.4, 0.5) is 10.1 Å². The van der Waals surface area contributed by atoms with Crippen molar-refractivity contribution in [2.45, 2.75) is 33.6 Å². The zero-order valence-electron chi connectivity index (χ0n) is 9.81. The van der Waals surface area contributed by atoms with E-state index in [0.29, 0.717) is 5.92 Å². The van der Waals surface area contributed by atoms with E-state index in [4.69, 9.17) is 0 Å². The lowest BCUT2D eigenvalue weighted by atomic mass is 10.0. The van der Waals surface area contributed by atoms with E-state index in [1.54, 1.807) is 6.07 Å². The minimum atomic E-state index is -0.173. The molecule has 1 N–H and O–H groups in total. The molecule has 0 aromatic heterocycles. The Morgan fingerprint density at radius 2 is 1.93 bits per heavy atom. The van der Waals surface area contributed by atoms with E-state index >= 15 is 0 Å². The Labute approximate surface area is 91.7 Å². The summed E-state index contributed by atoms with van der Waals surface area (Å²) in [5.41, 5.74) is 2.02. The number of halogens is 1. The third-order valence-corrected chi connectivity index (χ3v) is 2.94. The maximum absolute atomic E-state index is 13.0. The van der Waals surface area contributed by atoms with E-state index in [2.05, 4.69) is 19.2 Å². The minimum Gasteiger partial charge on any atom is -0.384 e. The molecule has 0 bridgehead atoms. The molecule has 1 rings (SSSR count). The monoisotopic (exact) mass is 209 g/mol. The van der Waals surface area contributed by atoms with Gasteiger partial charge in [-0.1, -0.05) is 32.8 Å². The lowest BCUT2D eigenvalue weighted by Crippen LogP contribution is -2.13. The summed E-state index contributed by atoms with van der Waals surface area (Å²) in [7, 11) is 0. The number of rotatable bonds is 5. The van der Waals surface area contributed by atoms with Crippen molar-refractivity contribution in [1.82, 2.24) is 0 Å². The Kier molecular flexibility index (Phi) is 4.60. The number of aryl methyl sites for hydroxylation is 1. The third kappa shape index (κ3) is 3.54. The second-order valence-electron chi connectivity index (χ2n) is 4.02. The summed E-state index contributed by atoms with van der Waals surface area (Å²) in [4.78, 5) is 0. The van der Waals surface area contributed by atoms with Crippen LogP contribution in [0.15, 0.2) is 18.2 Å². The van der Waals surface area contributed by atoms with Gasteiger partial charge < -0.3 is 5.32 Å². The van der Waals surface area contributed by atoms with Gasteiger partial charge in [0.25, 0.3) is 0 Å². The molecule has 0 radical (unpaired) electrons. The molecule has 2 heteroatoms. The molecule has 0 aliphatic heterocycles. The molecule has 0 saturated heterocycles. The second-order valence-corrected chi connectivity index (χ2v) is 4.02. The van der Waals surface area contributed by atoms with Gasteiger partial charge in [0.15, 0.2) is 0 Å². The first kappa shape index (κ1) is 12.0. The van der Waals surface area contributed by atoms with Crippen LogP contribution in [0.2, 0.25) is 0 Å². The van der Waals surface area contributed by atoms with Crippen LogP contribution in [0.25, 0.3) is 0 Å². The van der Waals surface area contributed by atoms with Crippen molar-refractivity contribution in [3.05, 3.63) is 29.6 Å². The summed E-state index contributed by atoms with van der Waals surface area (Å²) < 4.78 is 13.0. The van der Waals surface area contributed by atoms with Gasteiger partial charge >= 0.3 is 0 Å². The number of hydrogen-bond donors (Lipinski definition) is 1. The van der Waals surface area contributed by atoms with Crippen molar-refractivity contribution in [1.29, 1.82) is 0 Å². The van der Waals surface area contributed by atoms with Crippen molar-refractivity contribution < 1.29 is 4.39 Å². The average molecular weight is 209 g/mol. The van der Waals surface area contributed by atoms with Crippen LogP contribution in [-0.2, 0) is 0 Å². The molecule has 0 atom stereocenters. The lowest BCUT2D eigenvalue weighted by Gasteiger charge is -2.15. The van der Waals surface area contributed by atoms with Crippen LogP contribution in [0, 0.1) is 18.7 Å². The largest absolute Gasteiger partial charge is 0.384 e. The van der Waals surface area contributed by atoms with Gasteiger partial charge in [-0.25, -0.2) is 4.39 Å². The first-order chi connectivity index (χ1) is 7.17. The van der Waals surface area contributed by atoms with Crippen molar-refractivity contribution in [2.75, 3.05) is 11.9 Å². The molecule has 0 fully saturated rings. The van der Waals surface area contributed by atoms with Crippen molar-refractivity contribution in [2.24, 2.45) is 5.92 Å². The van der Waals surface area contributed by atoms with Crippen LogP contribution in [0.5, 0.6) is 0 Å². The van der Waals surface area contributed by atoms with Gasteiger partial charge in [-0.05, 0) is 30.5 Å². The molecule has 0 unspecified atom stereocenters. The van der Waals surface area contributed by atoms with Crippen molar-refractivity contribution >= 4 is 5.69 Å². The van der Waals surface area contributed by atoms with E-state index in [1.807, 2.05) is 13.0 Å². The Balaban J connectivity index is 2.60. The Hall–Kier alpha value is -1.05. The van der Waals surface area contributed by atoms with Crippen LogP contribution in [0.3, 0.4) is 0 Å². The maximum Gasteiger partial charge on any atom is 0.125 e. The highest BCUT2D eigenvalue weighted by Crippen LogP contribution is 2.17. The molecular weight excluding hydrogens is 189 g/mol. The SMILES string of the molecule is CCC(CC)CNc1cc(F)ccc1C. The molecule has 0 aliphatic carbocycles. The van der Waals surface area contributed by atoms with Gasteiger partial charge in [-0.15, -0.1) is 0 Å². The Bertz CT molecular complexity index is 305. The standard InChI is InChI=1S/C13H20FN/c1-4-11(5-2)9-15-13-8-12(14)7-6-10(13)3/h6-8,11,15H,4-5,9H2,1-3H3. The van der Waals surface area contributed by atoms with Gasteiger partial charge in [-0.3, -0.25) is 0 Å². The summed E-state index contributed by atoms with van der Waals surface area (Å²) in [6, 6.07) is 4.87. The summed E-state index contributed by atoms with van der Waals surface area (Å²) in [6.07, 6.45) is 2.33. The van der Waals surface area contributed by atoms with Gasteiger partial charge in [0.2, 0.25) is 0 Å². The first-order valence-electron chi connectivity index (χ1n) is 5.67. The summed E-state index contributed by atoms with van der Waals surface area (Å²) in [6.45, 7) is 7.30. The smallest absolute Gasteiger partial charge is 0.125 e. The highest BCUT2D eigenvalue weighted by molar-refractivity contribution is 5.50. The average Bonchev–Trinajstić information content (AvgIpc) is 2.24. The molecule has 1 aromatic rings. The summed E-state index contributed by atoms with van der Waals surface area (Å²) in [5, 5.41) is 3.32. The number of anilines is 1. The molecule has 0 amide bonds. The normalized spacial score (nSPS) is 10.7. The van der Waals surface area contributed by atoms with Gasteiger partial charge in [-0.2, -0.15) is 0 Å². The van der Waals surface area contributed by atoms with E-state index in [9.17, 15) is 4.39 Å². The summed E-state index contributed by atoms with van der Waals surface area (Å²) >= 11 is 0. The number of nitrogens with one attached hydrogen (secondary N) is 1. The summed E-state index contributed by atoms with van der Waals surface area (Å²) in [5.74, 6) is 0.500. The van der Waals surface area contributed by atoms with Crippen LogP contribution in [-0.4, -0.2) is 6.54 Å². The highest BCUT2D eigenvalue weighted by Gasteiger charge is 2.04. The second kappa shape index (κ2) is 5.74. The first-order valence-corrected chi connectivity index (χ1v) is 5.67. The quantitative estimate of drug-likeness (QED) is 0.773. The molecule has 1 aromatic carbocycles. The number of hydrogen-bond acceptors (Lipinski definition) is 1. The van der Waals surface area contributed by atoms with E-state index in [0.717, 1.165) is 30.6 Å². The molecule has 0 spiro atoms. The fourth-order valence-corrected chi connectivity index (χ4v) is 1.62. The van der Waals surface area contributed by atoms with Crippen LogP contribution < -0.4 is 5.32 Å². The van der Waals surface area contributed by atoms with Gasteiger partial charge in [0, 0.05) is 12.2 Å². The Morgan fingerprint density at radius 3 is 2.53 bits per heavy atom. The highest BCUT2D eigenvalue weighted by atomic mass is 19.1. The van der Waals surface area contributed by atoms with Gasteiger partial charge in [0.1, 0.15) is 5.82 Å². The minimum absolute atomic E-state index is 0.173. The van der Waals surface area contributed by atoms with E-state index in [1.165, 1.54) is 6.07 Å². The maximum atomic E-state index is 13.0. The molecular formula is C13H20FN. The van der Waals surface area contributed by atoms with Gasteiger partial charge in [0.05, 0.1) is 0 Å². The van der Waals surface area contributed by atoms with E-state index in [-0.39, 0.29) is 5.82 Å². The molecule has 84 valence electrons. The zero-order valence-corrected chi connectivity index (χ0v) is 9.81. The topological polar surface area (TPSA) is 12.0 Å². The predicted molar refractivity (Wildman–Crippen MR) is 63.7 cm³/mol. The molecule has 0 saturated carbocycles. The zero-order chi connectivity index (χ0) is 11.3. The fraction of sp³-hybridized carbons (Fsp3) is 0.538. The molecule has 0 aliphatic rings. The molecule has 0 heterocycles. The Morgan fingerprint density at radius 1 is 1.27 bits per heavy atom. The van der Waals surface area contributed by atoms with E-state index < -0.39 is 0 Å². The number of benzene rings is 1. The van der Waals surface area contributed by atoms with Crippen molar-refractivity contribution in [3.63, 3.8) is 0 Å².